The normalized spacial score (nSPS) is 19.7. The number of halogens is 4. The molecule has 1 aliphatic heterocycles. The second-order valence-electron chi connectivity index (χ2n) is 6.04. The van der Waals surface area contributed by atoms with Gasteiger partial charge in [0.25, 0.3) is 0 Å². The van der Waals surface area contributed by atoms with Gasteiger partial charge in [-0.25, -0.2) is 12.7 Å². The topological polar surface area (TPSA) is 66.5 Å². The number of hydrogen-bond acceptors (Lipinski definition) is 3. The molecule has 1 aromatic carbocycles. The van der Waals surface area contributed by atoms with Gasteiger partial charge in [0, 0.05) is 25.2 Å². The number of benzene rings is 1. The van der Waals surface area contributed by atoms with Gasteiger partial charge in [-0.1, -0.05) is 17.7 Å². The third-order valence-corrected chi connectivity index (χ3v) is 5.52. The summed E-state index contributed by atoms with van der Waals surface area (Å²) in [7, 11) is -3.33. The minimum absolute atomic E-state index is 0.178. The van der Waals surface area contributed by atoms with E-state index in [1.54, 1.807) is 0 Å². The Labute approximate surface area is 154 Å². The zero-order valence-electron chi connectivity index (χ0n) is 13.9. The summed E-state index contributed by atoms with van der Waals surface area (Å²) < 4.78 is 62.9. The monoisotopic (exact) mass is 410 g/mol. The van der Waals surface area contributed by atoms with E-state index < -0.39 is 32.7 Å². The maximum Gasteiger partial charge on any atom is 0.417 e. The fraction of sp³-hybridized carbons (Fsp3) is 0.438. The number of sulfonamides is 1. The van der Waals surface area contributed by atoms with Gasteiger partial charge in [0.1, 0.15) is 0 Å². The third-order valence-electron chi connectivity index (χ3n) is 3.92. The van der Waals surface area contributed by atoms with Gasteiger partial charge in [0.2, 0.25) is 15.9 Å². The van der Waals surface area contributed by atoms with Crippen molar-refractivity contribution in [1.82, 2.24) is 9.62 Å². The van der Waals surface area contributed by atoms with Crippen LogP contribution in [0, 0.1) is 0 Å². The van der Waals surface area contributed by atoms with Crippen LogP contribution >= 0.6 is 11.6 Å². The molecule has 1 fully saturated rings. The average molecular weight is 411 g/mol. The molecule has 5 nitrogen and oxygen atoms in total. The number of rotatable bonds is 4. The molecule has 0 saturated carbocycles. The summed E-state index contributed by atoms with van der Waals surface area (Å²) in [5.41, 5.74) is -0.795. The van der Waals surface area contributed by atoms with Crippen molar-refractivity contribution in [3.63, 3.8) is 0 Å². The molecule has 0 radical (unpaired) electrons. The predicted octanol–water partition coefficient (Wildman–Crippen LogP) is 2.91. The van der Waals surface area contributed by atoms with Crippen molar-refractivity contribution in [1.29, 1.82) is 0 Å². The first kappa shape index (κ1) is 20.7. The number of nitrogens with zero attached hydrogens (tertiary/aromatic N) is 1. The van der Waals surface area contributed by atoms with Crippen molar-refractivity contribution in [2.24, 2.45) is 0 Å². The molecule has 26 heavy (non-hydrogen) atoms. The van der Waals surface area contributed by atoms with E-state index in [9.17, 15) is 26.4 Å². The van der Waals surface area contributed by atoms with Gasteiger partial charge in [-0.05, 0) is 36.6 Å². The van der Waals surface area contributed by atoms with Crippen LogP contribution in [0.2, 0.25) is 5.02 Å². The fourth-order valence-electron chi connectivity index (χ4n) is 2.65. The minimum Gasteiger partial charge on any atom is -0.348 e. The van der Waals surface area contributed by atoms with Crippen molar-refractivity contribution in [3.8, 4) is 0 Å². The van der Waals surface area contributed by atoms with Gasteiger partial charge in [0.05, 0.1) is 16.8 Å². The molecule has 1 unspecified atom stereocenters. The SMILES string of the molecule is CS(=O)(=O)N1CCCC(NC(=O)/C=C/c2ccc(Cl)c(C(F)(F)F)c2)C1. The van der Waals surface area contributed by atoms with Gasteiger partial charge in [-0.15, -0.1) is 0 Å². The molecule has 0 spiro atoms. The Morgan fingerprint density at radius 3 is 2.69 bits per heavy atom. The quantitative estimate of drug-likeness (QED) is 0.776. The maximum atomic E-state index is 12.8. The Bertz CT molecular complexity index is 809. The molecule has 1 atom stereocenters. The van der Waals surface area contributed by atoms with Crippen molar-refractivity contribution in [3.05, 3.63) is 40.4 Å². The van der Waals surface area contributed by atoms with Crippen LogP contribution in [0.25, 0.3) is 6.08 Å². The van der Waals surface area contributed by atoms with Crippen LogP contribution in [0.1, 0.15) is 24.0 Å². The number of alkyl halides is 3. The Kier molecular flexibility index (Phi) is 6.36. The summed E-state index contributed by atoms with van der Waals surface area (Å²) in [6, 6.07) is 3.00. The van der Waals surface area contributed by atoms with Crippen molar-refractivity contribution >= 4 is 33.6 Å². The summed E-state index contributed by atoms with van der Waals surface area (Å²) in [4.78, 5) is 12.0. The lowest BCUT2D eigenvalue weighted by Crippen LogP contribution is -2.48. The van der Waals surface area contributed by atoms with E-state index in [0.29, 0.717) is 19.4 Å². The first-order chi connectivity index (χ1) is 12.0. The Morgan fingerprint density at radius 2 is 2.08 bits per heavy atom. The second-order valence-corrected chi connectivity index (χ2v) is 8.43. The van der Waals surface area contributed by atoms with Gasteiger partial charge in [-0.2, -0.15) is 13.2 Å². The predicted molar refractivity (Wildman–Crippen MR) is 93.1 cm³/mol. The van der Waals surface area contributed by atoms with Crippen LogP contribution < -0.4 is 5.32 Å². The number of amides is 1. The minimum atomic E-state index is -4.58. The summed E-state index contributed by atoms with van der Waals surface area (Å²) >= 11 is 5.55. The summed E-state index contributed by atoms with van der Waals surface area (Å²) in [6.07, 6.45) is 0.135. The Morgan fingerprint density at radius 1 is 1.38 bits per heavy atom. The van der Waals surface area contributed by atoms with E-state index in [1.807, 2.05) is 0 Å². The van der Waals surface area contributed by atoms with Gasteiger partial charge >= 0.3 is 6.18 Å². The van der Waals surface area contributed by atoms with Crippen LogP contribution in [-0.4, -0.2) is 44.0 Å². The van der Waals surface area contributed by atoms with Crippen LogP contribution in [-0.2, 0) is 21.0 Å². The molecule has 144 valence electrons. The second kappa shape index (κ2) is 7.98. The smallest absolute Gasteiger partial charge is 0.348 e. The van der Waals surface area contributed by atoms with Crippen molar-refractivity contribution in [2.45, 2.75) is 25.1 Å². The fourth-order valence-corrected chi connectivity index (χ4v) is 3.78. The van der Waals surface area contributed by atoms with Crippen LogP contribution in [0.3, 0.4) is 0 Å². The molecule has 1 aliphatic rings. The molecule has 1 amide bonds. The number of piperidine rings is 1. The highest BCUT2D eigenvalue weighted by atomic mass is 35.5. The van der Waals surface area contributed by atoms with E-state index in [2.05, 4.69) is 5.32 Å². The Balaban J connectivity index is 2.02. The lowest BCUT2D eigenvalue weighted by molar-refractivity contribution is -0.137. The molecule has 2 rings (SSSR count). The van der Waals surface area contributed by atoms with Crippen molar-refractivity contribution < 1.29 is 26.4 Å². The highest BCUT2D eigenvalue weighted by Crippen LogP contribution is 2.35. The van der Waals surface area contributed by atoms with E-state index in [0.717, 1.165) is 24.5 Å². The van der Waals surface area contributed by atoms with Gasteiger partial charge in [0.15, 0.2) is 0 Å². The molecule has 1 N–H and O–H groups in total. The maximum absolute atomic E-state index is 12.8. The van der Waals surface area contributed by atoms with Gasteiger partial charge < -0.3 is 5.32 Å². The number of carbonyl (C=O) groups is 1. The first-order valence-electron chi connectivity index (χ1n) is 7.77. The summed E-state index contributed by atoms with van der Waals surface area (Å²) in [6.45, 7) is 0.587. The molecule has 1 heterocycles. The van der Waals surface area contributed by atoms with E-state index in [1.165, 1.54) is 16.4 Å². The number of nitrogens with one attached hydrogen (secondary N) is 1. The molecule has 0 aliphatic carbocycles. The lowest BCUT2D eigenvalue weighted by Gasteiger charge is -2.31. The van der Waals surface area contributed by atoms with E-state index in [4.69, 9.17) is 11.6 Å². The van der Waals surface area contributed by atoms with E-state index >= 15 is 0 Å². The number of hydrogen-bond donors (Lipinski definition) is 1. The molecular formula is C16H18ClF3N2O3S. The zero-order chi connectivity index (χ0) is 19.5. The van der Waals surface area contributed by atoms with Crippen LogP contribution in [0.4, 0.5) is 13.2 Å². The van der Waals surface area contributed by atoms with Crippen molar-refractivity contribution in [2.75, 3.05) is 19.3 Å². The molecule has 1 saturated heterocycles. The molecule has 0 aromatic heterocycles. The first-order valence-corrected chi connectivity index (χ1v) is 10.00. The average Bonchev–Trinajstić information content (AvgIpc) is 2.52. The van der Waals surface area contributed by atoms with Gasteiger partial charge in [-0.3, -0.25) is 4.79 Å². The van der Waals surface area contributed by atoms with E-state index in [-0.39, 0.29) is 18.2 Å². The van der Waals surface area contributed by atoms with Crippen LogP contribution in [0.5, 0.6) is 0 Å². The Hall–Kier alpha value is -1.58. The summed E-state index contributed by atoms with van der Waals surface area (Å²) in [5.74, 6) is -0.506. The molecule has 0 bridgehead atoms. The number of carbonyl (C=O) groups excluding carboxylic acids is 1. The van der Waals surface area contributed by atoms with Crippen LogP contribution in [0.15, 0.2) is 24.3 Å². The zero-order valence-corrected chi connectivity index (χ0v) is 15.5. The molecule has 10 heteroatoms. The molecule has 1 aromatic rings. The largest absolute Gasteiger partial charge is 0.417 e. The molecular weight excluding hydrogens is 393 g/mol. The lowest BCUT2D eigenvalue weighted by atomic mass is 10.1. The standard InChI is InChI=1S/C16H18ClF3N2O3S/c1-26(24,25)22-8-2-3-12(10-22)21-15(23)7-5-11-4-6-14(17)13(9-11)16(18,19)20/h4-7,9,12H,2-3,8,10H2,1H3,(H,21,23)/b7-5+. The highest BCUT2D eigenvalue weighted by Gasteiger charge is 2.33. The summed E-state index contributed by atoms with van der Waals surface area (Å²) in [5, 5.41) is 2.25. The highest BCUT2D eigenvalue weighted by molar-refractivity contribution is 7.88. The third kappa shape index (κ3) is 5.72.